The number of hydrogen-bond donors (Lipinski definition) is 2. The molecule has 29 heavy (non-hydrogen) atoms. The third kappa shape index (κ3) is 4.14. The molecule has 0 aliphatic carbocycles. The first kappa shape index (κ1) is 19.5. The highest BCUT2D eigenvalue weighted by molar-refractivity contribution is 6.30. The van der Waals surface area contributed by atoms with Gasteiger partial charge in [-0.2, -0.15) is 0 Å². The number of ether oxygens (including phenoxy) is 1. The predicted octanol–water partition coefficient (Wildman–Crippen LogP) is 2.49. The molecule has 2 aromatic heterocycles. The summed E-state index contributed by atoms with van der Waals surface area (Å²) in [5.74, 6) is -0.144. The number of benzene rings is 1. The van der Waals surface area contributed by atoms with Crippen LogP contribution in [-0.4, -0.2) is 45.5 Å². The van der Waals surface area contributed by atoms with Crippen molar-refractivity contribution in [3.63, 3.8) is 0 Å². The number of nitrogens with one attached hydrogen (secondary N) is 1. The van der Waals surface area contributed by atoms with E-state index in [1.807, 2.05) is 0 Å². The summed E-state index contributed by atoms with van der Waals surface area (Å²) in [7, 11) is 0. The highest BCUT2D eigenvalue weighted by Gasteiger charge is 2.19. The molecule has 0 spiro atoms. The summed E-state index contributed by atoms with van der Waals surface area (Å²) >= 11 is 5.72. The second kappa shape index (κ2) is 8.28. The van der Waals surface area contributed by atoms with Gasteiger partial charge in [0.15, 0.2) is 0 Å². The van der Waals surface area contributed by atoms with E-state index >= 15 is 0 Å². The normalized spacial score (nSPS) is 15.0. The fourth-order valence-corrected chi connectivity index (χ4v) is 3.19. The molecule has 3 heterocycles. The van der Waals surface area contributed by atoms with E-state index in [1.54, 1.807) is 30.6 Å². The fourth-order valence-electron chi connectivity index (χ4n) is 3.07. The van der Waals surface area contributed by atoms with Gasteiger partial charge in [-0.1, -0.05) is 17.7 Å². The quantitative estimate of drug-likeness (QED) is 0.641. The maximum absolute atomic E-state index is 13.8. The van der Waals surface area contributed by atoms with E-state index in [0.717, 1.165) is 0 Å². The molecule has 150 valence electrons. The van der Waals surface area contributed by atoms with E-state index in [9.17, 15) is 14.3 Å². The first-order valence-electron chi connectivity index (χ1n) is 9.01. The van der Waals surface area contributed by atoms with Gasteiger partial charge in [-0.25, -0.2) is 14.4 Å². The van der Waals surface area contributed by atoms with Crippen molar-refractivity contribution in [3.8, 4) is 11.3 Å². The van der Waals surface area contributed by atoms with Gasteiger partial charge < -0.3 is 19.7 Å². The third-order valence-electron chi connectivity index (χ3n) is 4.71. The van der Waals surface area contributed by atoms with Crippen molar-refractivity contribution in [1.82, 2.24) is 14.5 Å². The zero-order valence-corrected chi connectivity index (χ0v) is 16.0. The lowest BCUT2D eigenvalue weighted by Crippen LogP contribution is -2.40. The van der Waals surface area contributed by atoms with Gasteiger partial charge >= 0.3 is 0 Å². The Kier molecular flexibility index (Phi) is 5.57. The van der Waals surface area contributed by atoms with Crippen LogP contribution in [-0.2, 0) is 4.74 Å². The molecule has 2 N–H and O–H groups in total. The number of rotatable bonds is 6. The Morgan fingerprint density at radius 1 is 1.31 bits per heavy atom. The summed E-state index contributed by atoms with van der Waals surface area (Å²) in [6.45, 7) is 0.848. The van der Waals surface area contributed by atoms with Crippen molar-refractivity contribution in [2.24, 2.45) is 0 Å². The van der Waals surface area contributed by atoms with Crippen LogP contribution in [0.1, 0.15) is 11.6 Å². The van der Waals surface area contributed by atoms with Crippen molar-refractivity contribution in [3.05, 3.63) is 75.5 Å². The van der Waals surface area contributed by atoms with Crippen LogP contribution < -0.4 is 10.9 Å². The summed E-state index contributed by atoms with van der Waals surface area (Å²) in [6, 6.07) is 8.50. The number of aromatic nitrogens is 3. The van der Waals surface area contributed by atoms with Gasteiger partial charge in [0.1, 0.15) is 5.82 Å². The summed E-state index contributed by atoms with van der Waals surface area (Å²) in [5, 5.41) is 12.9. The van der Waals surface area contributed by atoms with E-state index < -0.39 is 11.9 Å². The van der Waals surface area contributed by atoms with Crippen molar-refractivity contribution in [2.45, 2.75) is 12.1 Å². The molecule has 9 heteroatoms. The average molecular weight is 417 g/mol. The molecule has 0 saturated carbocycles. The molecule has 0 bridgehead atoms. The van der Waals surface area contributed by atoms with Gasteiger partial charge in [-0.05, 0) is 29.8 Å². The molecule has 1 fully saturated rings. The number of aliphatic hydroxyl groups is 1. The molecule has 7 nitrogen and oxygen atoms in total. The average Bonchev–Trinajstić information content (AvgIpc) is 2.69. The maximum atomic E-state index is 13.8. The molecule has 1 atom stereocenters. The molecule has 1 saturated heterocycles. The van der Waals surface area contributed by atoms with Crippen molar-refractivity contribution in [2.75, 3.05) is 25.1 Å². The lowest BCUT2D eigenvalue weighted by Gasteiger charge is -2.26. The molecule has 3 aromatic rings. The molecule has 1 aliphatic heterocycles. The van der Waals surface area contributed by atoms with E-state index in [1.165, 1.54) is 22.8 Å². The summed E-state index contributed by atoms with van der Waals surface area (Å²) in [5.41, 5.74) is 1.29. The molecular weight excluding hydrogens is 399 g/mol. The summed E-state index contributed by atoms with van der Waals surface area (Å²) < 4.78 is 20.3. The van der Waals surface area contributed by atoms with Crippen LogP contribution in [0.25, 0.3) is 11.3 Å². The largest absolute Gasteiger partial charge is 0.394 e. The Morgan fingerprint density at radius 2 is 2.14 bits per heavy atom. The van der Waals surface area contributed by atoms with Crippen molar-refractivity contribution >= 4 is 17.5 Å². The first-order valence-corrected chi connectivity index (χ1v) is 9.38. The molecule has 1 aromatic carbocycles. The van der Waals surface area contributed by atoms with Crippen molar-refractivity contribution in [1.29, 1.82) is 0 Å². The Balaban J connectivity index is 1.62. The van der Waals surface area contributed by atoms with Crippen LogP contribution in [0.4, 0.5) is 10.3 Å². The van der Waals surface area contributed by atoms with Crippen LogP contribution in [0.5, 0.6) is 0 Å². The smallest absolute Gasteiger partial charge is 0.251 e. The Morgan fingerprint density at radius 3 is 2.79 bits per heavy atom. The minimum atomic E-state index is -0.732. The van der Waals surface area contributed by atoms with Crippen LogP contribution in [0.15, 0.2) is 53.6 Å². The molecule has 0 amide bonds. The molecule has 4 rings (SSSR count). The fraction of sp³-hybridized carbons (Fsp3) is 0.250. The molecular formula is C20H18ClFN4O3. The lowest BCUT2D eigenvalue weighted by atomic mass is 10.1. The monoisotopic (exact) mass is 416 g/mol. The van der Waals surface area contributed by atoms with E-state index in [2.05, 4.69) is 15.3 Å². The van der Waals surface area contributed by atoms with Crippen LogP contribution in [0.3, 0.4) is 0 Å². The Labute approximate surface area is 170 Å². The van der Waals surface area contributed by atoms with E-state index in [4.69, 9.17) is 16.3 Å². The second-order valence-corrected chi connectivity index (χ2v) is 7.08. The van der Waals surface area contributed by atoms with Gasteiger partial charge in [-0.3, -0.25) is 4.79 Å². The van der Waals surface area contributed by atoms with E-state index in [-0.39, 0.29) is 23.2 Å². The number of hydrogen-bond acceptors (Lipinski definition) is 6. The molecule has 0 unspecified atom stereocenters. The SMILES string of the molecule is O=c1cc(-c2ccnc(NC3COC3)n2)ccn1[C@H](CO)c1ccc(Cl)c(F)c1. The van der Waals surface area contributed by atoms with Gasteiger partial charge in [0.05, 0.1) is 42.6 Å². The van der Waals surface area contributed by atoms with Crippen LogP contribution in [0, 0.1) is 5.82 Å². The van der Waals surface area contributed by atoms with Gasteiger partial charge in [0.2, 0.25) is 5.95 Å². The zero-order valence-electron chi connectivity index (χ0n) is 15.3. The number of pyridine rings is 1. The number of halogens is 2. The van der Waals surface area contributed by atoms with E-state index in [0.29, 0.717) is 36.0 Å². The third-order valence-corrected chi connectivity index (χ3v) is 5.01. The second-order valence-electron chi connectivity index (χ2n) is 6.68. The number of nitrogens with zero attached hydrogens (tertiary/aromatic N) is 3. The Bertz CT molecular complexity index is 1090. The van der Waals surface area contributed by atoms with Gasteiger partial charge in [0, 0.05) is 24.0 Å². The number of anilines is 1. The zero-order chi connectivity index (χ0) is 20.4. The maximum Gasteiger partial charge on any atom is 0.251 e. The van der Waals surface area contributed by atoms with Gasteiger partial charge in [-0.15, -0.1) is 0 Å². The predicted molar refractivity (Wildman–Crippen MR) is 107 cm³/mol. The van der Waals surface area contributed by atoms with Crippen LogP contribution >= 0.6 is 11.6 Å². The highest BCUT2D eigenvalue weighted by atomic mass is 35.5. The number of aliphatic hydroxyl groups excluding tert-OH is 1. The summed E-state index contributed by atoms with van der Waals surface area (Å²) in [4.78, 5) is 21.3. The van der Waals surface area contributed by atoms with Crippen molar-refractivity contribution < 1.29 is 14.2 Å². The topological polar surface area (TPSA) is 89.3 Å². The van der Waals surface area contributed by atoms with Gasteiger partial charge in [0.25, 0.3) is 5.56 Å². The summed E-state index contributed by atoms with van der Waals surface area (Å²) in [6.07, 6.45) is 3.17. The first-order chi connectivity index (χ1) is 14.0. The Hall–Kier alpha value is -2.81. The molecule has 0 radical (unpaired) electrons. The van der Waals surface area contributed by atoms with Crippen LogP contribution in [0.2, 0.25) is 5.02 Å². The lowest BCUT2D eigenvalue weighted by molar-refractivity contribution is 0.0208. The minimum Gasteiger partial charge on any atom is -0.394 e. The molecule has 1 aliphatic rings. The standard InChI is InChI=1S/C20H18ClFN4O3/c21-15-2-1-13(7-16(15)22)18(9-27)26-6-4-12(8-19(26)28)17-3-5-23-20(25-17)24-14-10-29-11-14/h1-8,14,18,27H,9-11H2,(H,23,24,25)/t18-/m1/s1. The minimum absolute atomic E-state index is 0.0187. The highest BCUT2D eigenvalue weighted by Crippen LogP contribution is 2.23.